The van der Waals surface area contributed by atoms with Gasteiger partial charge in [0.05, 0.1) is 5.52 Å². The fraction of sp³-hybridized carbons (Fsp3) is 0.0588. The molecular formula is C17H12Cl2N2O. The third-order valence-electron chi connectivity index (χ3n) is 3.85. The second-order valence-corrected chi connectivity index (χ2v) is 6.01. The first kappa shape index (κ1) is 13.7. The summed E-state index contributed by atoms with van der Waals surface area (Å²) in [5.41, 5.74) is 9.86. The lowest BCUT2D eigenvalue weighted by Gasteiger charge is -2.13. The Morgan fingerprint density at radius 1 is 1.14 bits per heavy atom. The topological polar surface area (TPSA) is 40.2 Å². The monoisotopic (exact) mass is 330 g/mol. The summed E-state index contributed by atoms with van der Waals surface area (Å²) in [4.78, 5) is 0. The fourth-order valence-electron chi connectivity index (χ4n) is 2.84. The predicted molar refractivity (Wildman–Crippen MR) is 91.2 cm³/mol. The van der Waals surface area contributed by atoms with E-state index in [1.807, 2.05) is 35.2 Å². The van der Waals surface area contributed by atoms with Crippen LogP contribution in [-0.4, -0.2) is 4.57 Å². The summed E-state index contributed by atoms with van der Waals surface area (Å²) in [5, 5.41) is 2.30. The van der Waals surface area contributed by atoms with Gasteiger partial charge in [0.15, 0.2) is 5.75 Å². The van der Waals surface area contributed by atoms with Crippen LogP contribution < -0.4 is 10.5 Å². The Balaban J connectivity index is 2.01. The highest BCUT2D eigenvalue weighted by Crippen LogP contribution is 2.39. The summed E-state index contributed by atoms with van der Waals surface area (Å²) in [5.74, 6) is 0.792. The zero-order valence-corrected chi connectivity index (χ0v) is 13.0. The first-order valence-electron chi connectivity index (χ1n) is 6.83. The summed E-state index contributed by atoms with van der Waals surface area (Å²) in [6.45, 7) is 0.467. The zero-order valence-electron chi connectivity index (χ0n) is 11.5. The molecule has 5 heteroatoms. The molecule has 0 spiro atoms. The van der Waals surface area contributed by atoms with Gasteiger partial charge in [-0.2, -0.15) is 0 Å². The molecule has 2 aromatic carbocycles. The van der Waals surface area contributed by atoms with Crippen LogP contribution in [0.15, 0.2) is 42.8 Å². The standard InChI is InChI=1S/C17H12Cl2N2O/c18-12-1-2-13(15(19)7-12)10-5-14-11(8-20)9-21-3-4-22-16(6-10)17(14)21/h1-7,9H,8,20H2. The molecule has 0 aliphatic carbocycles. The molecular weight excluding hydrogens is 319 g/mol. The van der Waals surface area contributed by atoms with Crippen molar-refractivity contribution in [1.82, 2.24) is 4.57 Å². The molecule has 0 radical (unpaired) electrons. The number of nitrogens with zero attached hydrogens (tertiary/aromatic N) is 1. The Hall–Kier alpha value is -1.94. The second-order valence-electron chi connectivity index (χ2n) is 5.16. The first-order chi connectivity index (χ1) is 10.7. The maximum Gasteiger partial charge on any atom is 0.151 e. The van der Waals surface area contributed by atoms with Gasteiger partial charge < -0.3 is 15.0 Å². The molecule has 0 saturated carbocycles. The lowest BCUT2D eigenvalue weighted by molar-refractivity contribution is 0.482. The van der Waals surface area contributed by atoms with Gasteiger partial charge in [-0.3, -0.25) is 0 Å². The first-order valence-corrected chi connectivity index (χ1v) is 7.59. The fourth-order valence-corrected chi connectivity index (χ4v) is 3.36. The quantitative estimate of drug-likeness (QED) is 0.726. The van der Waals surface area contributed by atoms with E-state index in [0.29, 0.717) is 16.6 Å². The van der Waals surface area contributed by atoms with Crippen molar-refractivity contribution in [3.63, 3.8) is 0 Å². The molecule has 4 rings (SSSR count). The number of hydrogen-bond donors (Lipinski definition) is 1. The highest BCUT2D eigenvalue weighted by atomic mass is 35.5. The van der Waals surface area contributed by atoms with Gasteiger partial charge in [-0.05, 0) is 35.4 Å². The molecule has 0 bridgehead atoms. The normalized spacial score (nSPS) is 12.7. The summed E-state index contributed by atoms with van der Waals surface area (Å²) in [6.07, 6.45) is 5.57. The predicted octanol–water partition coefficient (Wildman–Crippen LogP) is 4.89. The summed E-state index contributed by atoms with van der Waals surface area (Å²) in [7, 11) is 0. The van der Waals surface area contributed by atoms with Crippen molar-refractivity contribution in [3.8, 4) is 16.9 Å². The van der Waals surface area contributed by atoms with Crippen LogP contribution in [0.4, 0.5) is 0 Å². The van der Waals surface area contributed by atoms with Crippen molar-refractivity contribution in [2.45, 2.75) is 6.54 Å². The van der Waals surface area contributed by atoms with Crippen LogP contribution in [0.1, 0.15) is 5.56 Å². The molecule has 0 amide bonds. The van der Waals surface area contributed by atoms with Gasteiger partial charge in [-0.25, -0.2) is 0 Å². The van der Waals surface area contributed by atoms with Gasteiger partial charge in [0, 0.05) is 39.9 Å². The molecule has 0 saturated heterocycles. The molecule has 1 aliphatic rings. The van der Waals surface area contributed by atoms with Crippen LogP contribution >= 0.6 is 23.2 Å². The van der Waals surface area contributed by atoms with Gasteiger partial charge in [-0.1, -0.05) is 29.3 Å². The molecule has 2 N–H and O–H groups in total. The van der Waals surface area contributed by atoms with Gasteiger partial charge in [0.1, 0.15) is 6.26 Å². The minimum Gasteiger partial charge on any atom is -0.461 e. The van der Waals surface area contributed by atoms with Crippen molar-refractivity contribution in [3.05, 3.63) is 58.4 Å². The van der Waals surface area contributed by atoms with E-state index in [9.17, 15) is 0 Å². The smallest absolute Gasteiger partial charge is 0.151 e. The third-order valence-corrected chi connectivity index (χ3v) is 4.40. The minimum absolute atomic E-state index is 0.467. The highest BCUT2D eigenvalue weighted by molar-refractivity contribution is 6.36. The SMILES string of the molecule is NCc1cn2c3c(cc(-c4ccc(Cl)cc4Cl)cc13)OC=C2. The van der Waals surface area contributed by atoms with E-state index in [-0.39, 0.29) is 0 Å². The van der Waals surface area contributed by atoms with Crippen LogP contribution in [0.25, 0.3) is 28.2 Å². The second kappa shape index (κ2) is 5.06. The van der Waals surface area contributed by atoms with Crippen LogP contribution in [0.2, 0.25) is 10.0 Å². The molecule has 2 heterocycles. The summed E-state index contributed by atoms with van der Waals surface area (Å²) in [6, 6.07) is 9.56. The number of benzene rings is 2. The number of halogens is 2. The molecule has 1 aromatic heterocycles. The van der Waals surface area contributed by atoms with E-state index in [1.165, 1.54) is 0 Å². The maximum absolute atomic E-state index is 6.33. The molecule has 0 unspecified atom stereocenters. The minimum atomic E-state index is 0.467. The molecule has 22 heavy (non-hydrogen) atoms. The van der Waals surface area contributed by atoms with Crippen molar-refractivity contribution in [2.75, 3.05) is 0 Å². The van der Waals surface area contributed by atoms with Crippen LogP contribution in [-0.2, 0) is 6.54 Å². The molecule has 1 aliphatic heterocycles. The van der Waals surface area contributed by atoms with E-state index in [0.717, 1.165) is 33.3 Å². The molecule has 0 atom stereocenters. The Labute approximate surface area is 137 Å². The number of ether oxygens (including phenoxy) is 1. The van der Waals surface area contributed by atoms with Gasteiger partial charge in [0.2, 0.25) is 0 Å². The Bertz CT molecular complexity index is 928. The number of hydrogen-bond acceptors (Lipinski definition) is 2. The molecule has 3 nitrogen and oxygen atoms in total. The van der Waals surface area contributed by atoms with E-state index < -0.39 is 0 Å². The largest absolute Gasteiger partial charge is 0.461 e. The van der Waals surface area contributed by atoms with E-state index in [2.05, 4.69) is 6.07 Å². The molecule has 0 fully saturated rings. The number of nitrogens with two attached hydrogens (primary N) is 1. The van der Waals surface area contributed by atoms with Crippen LogP contribution in [0.3, 0.4) is 0 Å². The van der Waals surface area contributed by atoms with E-state index in [4.69, 9.17) is 33.7 Å². The lowest BCUT2D eigenvalue weighted by atomic mass is 10.0. The van der Waals surface area contributed by atoms with E-state index >= 15 is 0 Å². The number of aromatic nitrogens is 1. The van der Waals surface area contributed by atoms with Gasteiger partial charge >= 0.3 is 0 Å². The Morgan fingerprint density at radius 2 is 2.00 bits per heavy atom. The highest BCUT2D eigenvalue weighted by Gasteiger charge is 2.17. The van der Waals surface area contributed by atoms with Crippen LogP contribution in [0.5, 0.6) is 5.75 Å². The Kier molecular flexibility index (Phi) is 3.15. The van der Waals surface area contributed by atoms with Gasteiger partial charge in [0.25, 0.3) is 0 Å². The molecule has 110 valence electrons. The zero-order chi connectivity index (χ0) is 15.3. The third kappa shape index (κ3) is 2.02. The van der Waals surface area contributed by atoms with Crippen molar-refractivity contribution in [1.29, 1.82) is 0 Å². The summed E-state index contributed by atoms with van der Waals surface area (Å²) < 4.78 is 7.70. The average molecular weight is 331 g/mol. The maximum atomic E-state index is 6.33. The van der Waals surface area contributed by atoms with E-state index in [1.54, 1.807) is 12.3 Å². The average Bonchev–Trinajstić information content (AvgIpc) is 2.87. The van der Waals surface area contributed by atoms with Crippen LogP contribution in [0, 0.1) is 0 Å². The van der Waals surface area contributed by atoms with Crippen molar-refractivity contribution >= 4 is 40.3 Å². The number of rotatable bonds is 2. The molecule has 3 aromatic rings. The lowest BCUT2D eigenvalue weighted by Crippen LogP contribution is -1.96. The van der Waals surface area contributed by atoms with Crippen molar-refractivity contribution < 1.29 is 4.74 Å². The summed E-state index contributed by atoms with van der Waals surface area (Å²) >= 11 is 12.3. The van der Waals surface area contributed by atoms with Crippen molar-refractivity contribution in [2.24, 2.45) is 5.73 Å². The van der Waals surface area contributed by atoms with Gasteiger partial charge in [-0.15, -0.1) is 0 Å². The Morgan fingerprint density at radius 3 is 2.77 bits per heavy atom.